The van der Waals surface area contributed by atoms with Crippen molar-refractivity contribution in [3.05, 3.63) is 24.5 Å². The van der Waals surface area contributed by atoms with E-state index in [1.165, 1.54) is 32.1 Å². The fraction of sp³-hybridized carbons (Fsp3) is 0.500. The first-order valence-electron chi connectivity index (χ1n) is 7.68. The lowest BCUT2D eigenvalue weighted by Gasteiger charge is -2.10. The van der Waals surface area contributed by atoms with Crippen LogP contribution < -0.4 is 10.6 Å². The molecular weight excluding hydrogens is 282 g/mol. The maximum Gasteiger partial charge on any atom is 0.170 e. The van der Waals surface area contributed by atoms with Crippen LogP contribution in [0.15, 0.2) is 29.0 Å². The van der Waals surface area contributed by atoms with Crippen molar-refractivity contribution < 1.29 is 4.52 Å². The minimum Gasteiger partial charge on any atom is -0.364 e. The van der Waals surface area contributed by atoms with Crippen LogP contribution in [0.25, 0.3) is 10.9 Å². The van der Waals surface area contributed by atoms with Crippen LogP contribution in [-0.4, -0.2) is 16.8 Å². The average molecular weight is 305 g/mol. The van der Waals surface area contributed by atoms with E-state index in [0.29, 0.717) is 5.11 Å². The summed E-state index contributed by atoms with van der Waals surface area (Å²) in [5.41, 5.74) is 1.76. The third-order valence-electron chi connectivity index (χ3n) is 3.43. The molecule has 1 aromatic carbocycles. The van der Waals surface area contributed by atoms with Crippen molar-refractivity contribution in [3.63, 3.8) is 0 Å². The largest absolute Gasteiger partial charge is 0.364 e. The number of nitrogens with zero attached hydrogens (tertiary/aromatic N) is 1. The van der Waals surface area contributed by atoms with Crippen LogP contribution >= 0.6 is 12.2 Å². The second kappa shape index (κ2) is 8.62. The summed E-state index contributed by atoms with van der Waals surface area (Å²) in [6.07, 6.45) is 9.36. The molecule has 0 aliphatic carbocycles. The molecule has 0 aliphatic heterocycles. The molecule has 2 rings (SSSR count). The molecule has 0 bridgehead atoms. The zero-order chi connectivity index (χ0) is 14.9. The molecule has 0 aliphatic rings. The quantitative estimate of drug-likeness (QED) is 0.556. The molecule has 0 fully saturated rings. The molecule has 0 atom stereocenters. The highest BCUT2D eigenvalue weighted by molar-refractivity contribution is 7.80. The van der Waals surface area contributed by atoms with E-state index in [-0.39, 0.29) is 0 Å². The molecule has 1 aromatic heterocycles. The molecule has 0 saturated heterocycles. The minimum absolute atomic E-state index is 0.659. The Balaban J connectivity index is 1.65. The summed E-state index contributed by atoms with van der Waals surface area (Å²) in [6.45, 7) is 3.16. The van der Waals surface area contributed by atoms with Crippen molar-refractivity contribution >= 4 is 33.9 Å². The minimum atomic E-state index is 0.659. The molecule has 0 radical (unpaired) electrons. The monoisotopic (exact) mass is 305 g/mol. The summed E-state index contributed by atoms with van der Waals surface area (Å²) in [4.78, 5) is 0. The maximum absolute atomic E-state index is 5.29. The first-order valence-corrected chi connectivity index (χ1v) is 8.09. The zero-order valence-electron chi connectivity index (χ0n) is 12.5. The zero-order valence-corrected chi connectivity index (χ0v) is 13.3. The molecular formula is C16H23N3OS. The van der Waals surface area contributed by atoms with Crippen LogP contribution in [0.1, 0.15) is 45.4 Å². The molecule has 0 amide bonds. The van der Waals surface area contributed by atoms with E-state index < -0.39 is 0 Å². The lowest BCUT2D eigenvalue weighted by atomic mass is 10.1. The Kier molecular flexibility index (Phi) is 6.47. The molecule has 1 heterocycles. The smallest absolute Gasteiger partial charge is 0.170 e. The van der Waals surface area contributed by atoms with Gasteiger partial charge in [0.15, 0.2) is 5.11 Å². The predicted octanol–water partition coefficient (Wildman–Crippen LogP) is 4.47. The van der Waals surface area contributed by atoms with Crippen molar-refractivity contribution in [3.8, 4) is 0 Å². The van der Waals surface area contributed by atoms with Crippen LogP contribution in [0.5, 0.6) is 0 Å². The fourth-order valence-corrected chi connectivity index (χ4v) is 2.44. The van der Waals surface area contributed by atoms with Crippen LogP contribution in [0.4, 0.5) is 5.69 Å². The first-order chi connectivity index (χ1) is 10.3. The van der Waals surface area contributed by atoms with Crippen molar-refractivity contribution in [2.45, 2.75) is 45.4 Å². The van der Waals surface area contributed by atoms with E-state index >= 15 is 0 Å². The Morgan fingerprint density at radius 1 is 1.19 bits per heavy atom. The Morgan fingerprint density at radius 3 is 2.86 bits per heavy atom. The van der Waals surface area contributed by atoms with Gasteiger partial charge >= 0.3 is 0 Å². The standard InChI is InChI=1S/C16H23N3OS/c1-2-3-4-5-6-7-10-17-16(21)18-14-9-8-13-12-20-19-15(13)11-14/h8-9,11-12H,2-7,10H2,1H3,(H2,17,18,21). The average Bonchev–Trinajstić information content (AvgIpc) is 2.94. The van der Waals surface area contributed by atoms with Crippen molar-refractivity contribution in [2.75, 3.05) is 11.9 Å². The van der Waals surface area contributed by atoms with E-state index in [1.54, 1.807) is 6.26 Å². The van der Waals surface area contributed by atoms with Crippen LogP contribution in [0.3, 0.4) is 0 Å². The molecule has 0 unspecified atom stereocenters. The SMILES string of the molecule is CCCCCCCCNC(=S)Nc1ccc2conc2c1. The van der Waals surface area contributed by atoms with E-state index in [0.717, 1.165) is 29.6 Å². The number of rotatable bonds is 8. The van der Waals surface area contributed by atoms with Crippen molar-refractivity contribution in [1.29, 1.82) is 0 Å². The maximum atomic E-state index is 5.29. The highest BCUT2D eigenvalue weighted by Crippen LogP contribution is 2.17. The second-order valence-corrected chi connectivity index (χ2v) is 5.65. The highest BCUT2D eigenvalue weighted by Gasteiger charge is 2.01. The van der Waals surface area contributed by atoms with E-state index in [4.69, 9.17) is 16.7 Å². The van der Waals surface area contributed by atoms with Gasteiger partial charge in [0, 0.05) is 17.6 Å². The summed E-state index contributed by atoms with van der Waals surface area (Å²) in [7, 11) is 0. The first kappa shape index (κ1) is 15.8. The van der Waals surface area contributed by atoms with Gasteiger partial charge in [-0.05, 0) is 36.8 Å². The van der Waals surface area contributed by atoms with Crippen LogP contribution in [-0.2, 0) is 0 Å². The lowest BCUT2D eigenvalue weighted by Crippen LogP contribution is -2.29. The number of hydrogen-bond donors (Lipinski definition) is 2. The van der Waals surface area contributed by atoms with Gasteiger partial charge in [-0.3, -0.25) is 0 Å². The number of thiocarbonyl (C=S) groups is 1. The highest BCUT2D eigenvalue weighted by atomic mass is 32.1. The van der Waals surface area contributed by atoms with E-state index in [2.05, 4.69) is 22.7 Å². The molecule has 0 spiro atoms. The Morgan fingerprint density at radius 2 is 2.00 bits per heavy atom. The Labute approximate surface area is 131 Å². The third kappa shape index (κ3) is 5.34. The summed E-state index contributed by atoms with van der Waals surface area (Å²) in [5, 5.41) is 12.0. The van der Waals surface area contributed by atoms with Gasteiger partial charge in [-0.1, -0.05) is 44.2 Å². The topological polar surface area (TPSA) is 50.1 Å². The predicted molar refractivity (Wildman–Crippen MR) is 91.6 cm³/mol. The Hall–Kier alpha value is -1.62. The van der Waals surface area contributed by atoms with Crippen LogP contribution in [0, 0.1) is 0 Å². The summed E-state index contributed by atoms with van der Waals surface area (Å²) >= 11 is 5.29. The number of fused-ring (bicyclic) bond motifs is 1. The molecule has 0 saturated carbocycles. The summed E-state index contributed by atoms with van der Waals surface area (Å²) in [6, 6.07) is 5.86. The number of anilines is 1. The third-order valence-corrected chi connectivity index (χ3v) is 3.68. The molecule has 2 N–H and O–H groups in total. The number of unbranched alkanes of at least 4 members (excludes halogenated alkanes) is 5. The van der Waals surface area contributed by atoms with Gasteiger partial charge in [0.25, 0.3) is 0 Å². The lowest BCUT2D eigenvalue weighted by molar-refractivity contribution is 0.428. The molecule has 4 nitrogen and oxygen atoms in total. The summed E-state index contributed by atoms with van der Waals surface area (Å²) in [5.74, 6) is 0. The van der Waals surface area contributed by atoms with Crippen molar-refractivity contribution in [1.82, 2.24) is 10.5 Å². The van der Waals surface area contributed by atoms with Gasteiger partial charge in [-0.25, -0.2) is 0 Å². The molecule has 2 aromatic rings. The van der Waals surface area contributed by atoms with E-state index in [1.807, 2.05) is 18.2 Å². The van der Waals surface area contributed by atoms with Gasteiger partial charge in [-0.15, -0.1) is 0 Å². The van der Waals surface area contributed by atoms with Gasteiger partial charge in [0.05, 0.1) is 0 Å². The van der Waals surface area contributed by atoms with E-state index in [9.17, 15) is 0 Å². The van der Waals surface area contributed by atoms with Gasteiger partial charge in [0.1, 0.15) is 11.8 Å². The summed E-state index contributed by atoms with van der Waals surface area (Å²) < 4.78 is 4.92. The number of benzene rings is 1. The van der Waals surface area contributed by atoms with Gasteiger partial charge in [-0.2, -0.15) is 0 Å². The van der Waals surface area contributed by atoms with Crippen LogP contribution in [0.2, 0.25) is 0 Å². The molecule has 114 valence electrons. The van der Waals surface area contributed by atoms with Crippen molar-refractivity contribution in [2.24, 2.45) is 0 Å². The van der Waals surface area contributed by atoms with Gasteiger partial charge in [0.2, 0.25) is 0 Å². The second-order valence-electron chi connectivity index (χ2n) is 5.24. The van der Waals surface area contributed by atoms with Gasteiger partial charge < -0.3 is 15.2 Å². The molecule has 21 heavy (non-hydrogen) atoms. The number of hydrogen-bond acceptors (Lipinski definition) is 3. The number of aromatic nitrogens is 1. The Bertz CT molecular complexity index is 567. The fourth-order valence-electron chi connectivity index (χ4n) is 2.22. The normalized spacial score (nSPS) is 10.7. The molecule has 5 heteroatoms. The number of nitrogens with one attached hydrogen (secondary N) is 2.